The van der Waals surface area contributed by atoms with Crippen LogP contribution in [-0.4, -0.2) is 23.0 Å². The van der Waals surface area contributed by atoms with Crippen molar-refractivity contribution in [2.24, 2.45) is 0 Å². The molecule has 1 fully saturated rings. The predicted molar refractivity (Wildman–Crippen MR) is 68.8 cm³/mol. The molecular formula is C11H18N2S2. The normalized spacial score (nSPS) is 18.0. The molecule has 4 heteroatoms. The highest BCUT2D eigenvalue weighted by Crippen LogP contribution is 2.41. The van der Waals surface area contributed by atoms with Crippen molar-refractivity contribution in [3.63, 3.8) is 0 Å². The van der Waals surface area contributed by atoms with E-state index in [1.54, 1.807) is 0 Å². The molecular weight excluding hydrogens is 224 g/mol. The van der Waals surface area contributed by atoms with Gasteiger partial charge in [-0.25, -0.2) is 4.98 Å². The van der Waals surface area contributed by atoms with Crippen molar-refractivity contribution in [2.45, 2.75) is 38.3 Å². The summed E-state index contributed by atoms with van der Waals surface area (Å²) in [7, 11) is 0. The van der Waals surface area contributed by atoms with E-state index in [2.05, 4.69) is 28.9 Å². The lowest BCUT2D eigenvalue weighted by atomic mass is 10.3. The summed E-state index contributed by atoms with van der Waals surface area (Å²) in [6.45, 7) is 3.15. The van der Waals surface area contributed by atoms with Gasteiger partial charge in [-0.05, 0) is 26.0 Å². The van der Waals surface area contributed by atoms with Gasteiger partial charge in [-0.1, -0.05) is 0 Å². The van der Waals surface area contributed by atoms with Gasteiger partial charge < -0.3 is 5.32 Å². The summed E-state index contributed by atoms with van der Waals surface area (Å²) in [5.74, 6) is 1.96. The van der Waals surface area contributed by atoms with Crippen LogP contribution in [0, 0.1) is 0 Å². The number of aromatic nitrogens is 1. The van der Waals surface area contributed by atoms with Crippen molar-refractivity contribution in [1.82, 2.24) is 10.3 Å². The zero-order chi connectivity index (χ0) is 10.7. The largest absolute Gasteiger partial charge is 0.308 e. The zero-order valence-corrected chi connectivity index (χ0v) is 11.0. The molecule has 0 amide bonds. The molecule has 1 aromatic heterocycles. The van der Waals surface area contributed by atoms with Gasteiger partial charge in [0.2, 0.25) is 0 Å². The molecule has 0 bridgehead atoms. The molecule has 1 aromatic rings. The SMILES string of the molecule is CSCC(C)NCc1csc(C2CC2)n1. The third-order valence-electron chi connectivity index (χ3n) is 2.54. The Kier molecular flexibility index (Phi) is 4.05. The summed E-state index contributed by atoms with van der Waals surface area (Å²) < 4.78 is 0. The Labute approximate surface area is 99.9 Å². The number of rotatable bonds is 6. The number of thiazole rings is 1. The fourth-order valence-corrected chi connectivity index (χ4v) is 3.12. The monoisotopic (exact) mass is 242 g/mol. The summed E-state index contributed by atoms with van der Waals surface area (Å²) in [5.41, 5.74) is 1.22. The Bertz CT molecular complexity index is 307. The summed E-state index contributed by atoms with van der Waals surface area (Å²) in [6.07, 6.45) is 4.85. The van der Waals surface area contributed by atoms with E-state index in [4.69, 9.17) is 0 Å². The Morgan fingerprint density at radius 1 is 1.67 bits per heavy atom. The molecule has 2 rings (SSSR count). The standard InChI is InChI=1S/C11H18N2S2/c1-8(6-14-2)12-5-10-7-15-11(13-10)9-3-4-9/h7-9,12H,3-6H2,1-2H3. The van der Waals surface area contributed by atoms with Crippen molar-refractivity contribution in [1.29, 1.82) is 0 Å². The van der Waals surface area contributed by atoms with Gasteiger partial charge >= 0.3 is 0 Å². The molecule has 1 unspecified atom stereocenters. The third-order valence-corrected chi connectivity index (χ3v) is 4.43. The maximum absolute atomic E-state index is 4.65. The first-order chi connectivity index (χ1) is 7.29. The van der Waals surface area contributed by atoms with Gasteiger partial charge in [0.25, 0.3) is 0 Å². The number of hydrogen-bond donors (Lipinski definition) is 1. The lowest BCUT2D eigenvalue weighted by Gasteiger charge is -2.10. The van der Waals surface area contributed by atoms with Crippen molar-refractivity contribution in [3.8, 4) is 0 Å². The molecule has 1 heterocycles. The van der Waals surface area contributed by atoms with Crippen LogP contribution < -0.4 is 5.32 Å². The average Bonchev–Trinajstić information content (AvgIpc) is 2.96. The van der Waals surface area contributed by atoms with Crippen LogP contribution in [0.2, 0.25) is 0 Å². The first-order valence-corrected chi connectivity index (χ1v) is 7.73. The average molecular weight is 242 g/mol. The van der Waals surface area contributed by atoms with Crippen LogP contribution in [0.3, 0.4) is 0 Å². The second kappa shape index (κ2) is 5.32. The first-order valence-electron chi connectivity index (χ1n) is 5.46. The molecule has 0 aliphatic heterocycles. The minimum Gasteiger partial charge on any atom is -0.308 e. The highest BCUT2D eigenvalue weighted by Gasteiger charge is 2.26. The van der Waals surface area contributed by atoms with E-state index in [1.807, 2.05) is 23.1 Å². The van der Waals surface area contributed by atoms with Crippen molar-refractivity contribution in [2.75, 3.05) is 12.0 Å². The molecule has 0 spiro atoms. The van der Waals surface area contributed by atoms with Gasteiger partial charge in [0.05, 0.1) is 10.7 Å². The first kappa shape index (κ1) is 11.4. The molecule has 0 saturated heterocycles. The lowest BCUT2D eigenvalue weighted by Crippen LogP contribution is -2.27. The maximum atomic E-state index is 4.65. The van der Waals surface area contributed by atoms with E-state index in [0.29, 0.717) is 6.04 Å². The smallest absolute Gasteiger partial charge is 0.0959 e. The molecule has 2 nitrogen and oxygen atoms in total. The van der Waals surface area contributed by atoms with E-state index < -0.39 is 0 Å². The highest BCUT2D eigenvalue weighted by atomic mass is 32.2. The van der Waals surface area contributed by atoms with E-state index >= 15 is 0 Å². The fraction of sp³-hybridized carbons (Fsp3) is 0.727. The molecule has 15 heavy (non-hydrogen) atoms. The zero-order valence-electron chi connectivity index (χ0n) is 9.32. The van der Waals surface area contributed by atoms with Crippen LogP contribution in [0.15, 0.2) is 5.38 Å². The number of nitrogens with zero attached hydrogens (tertiary/aromatic N) is 1. The molecule has 1 aliphatic rings. The van der Waals surface area contributed by atoms with E-state index in [1.165, 1.54) is 29.3 Å². The van der Waals surface area contributed by atoms with Crippen LogP contribution in [0.25, 0.3) is 0 Å². The van der Waals surface area contributed by atoms with Gasteiger partial charge in [0.1, 0.15) is 0 Å². The van der Waals surface area contributed by atoms with Crippen LogP contribution in [-0.2, 0) is 6.54 Å². The van der Waals surface area contributed by atoms with E-state index in [0.717, 1.165) is 12.5 Å². The van der Waals surface area contributed by atoms with Crippen molar-refractivity contribution < 1.29 is 0 Å². The van der Waals surface area contributed by atoms with E-state index in [9.17, 15) is 0 Å². The highest BCUT2D eigenvalue weighted by molar-refractivity contribution is 7.98. The molecule has 1 atom stereocenters. The number of thioether (sulfide) groups is 1. The van der Waals surface area contributed by atoms with Gasteiger partial charge in [-0.15, -0.1) is 11.3 Å². The second-order valence-corrected chi connectivity index (χ2v) is 5.99. The quantitative estimate of drug-likeness (QED) is 0.830. The number of nitrogens with one attached hydrogen (secondary N) is 1. The summed E-state index contributed by atoms with van der Waals surface area (Å²) in [6, 6.07) is 0.575. The molecule has 1 N–H and O–H groups in total. The second-order valence-electron chi connectivity index (χ2n) is 4.19. The van der Waals surface area contributed by atoms with Gasteiger partial charge in [-0.3, -0.25) is 0 Å². The van der Waals surface area contributed by atoms with Gasteiger partial charge in [-0.2, -0.15) is 11.8 Å². The fourth-order valence-electron chi connectivity index (χ4n) is 1.51. The lowest BCUT2D eigenvalue weighted by molar-refractivity contribution is 0.589. The van der Waals surface area contributed by atoms with Crippen LogP contribution >= 0.6 is 23.1 Å². The maximum Gasteiger partial charge on any atom is 0.0959 e. The molecule has 0 radical (unpaired) electrons. The van der Waals surface area contributed by atoms with Gasteiger partial charge in [0, 0.05) is 29.6 Å². The Morgan fingerprint density at radius 3 is 3.13 bits per heavy atom. The topological polar surface area (TPSA) is 24.9 Å². The summed E-state index contributed by atoms with van der Waals surface area (Å²) in [5, 5.41) is 7.05. The van der Waals surface area contributed by atoms with Crippen molar-refractivity contribution in [3.05, 3.63) is 16.1 Å². The number of hydrogen-bond acceptors (Lipinski definition) is 4. The Balaban J connectivity index is 1.77. The summed E-state index contributed by atoms with van der Waals surface area (Å²) in [4.78, 5) is 4.65. The minimum absolute atomic E-state index is 0.575. The van der Waals surface area contributed by atoms with Gasteiger partial charge in [0.15, 0.2) is 0 Å². The van der Waals surface area contributed by atoms with Crippen molar-refractivity contribution >= 4 is 23.1 Å². The molecule has 0 aromatic carbocycles. The molecule has 1 saturated carbocycles. The third kappa shape index (κ3) is 3.47. The molecule has 84 valence electrons. The van der Waals surface area contributed by atoms with Crippen LogP contribution in [0.4, 0.5) is 0 Å². The molecule has 1 aliphatic carbocycles. The Hall–Kier alpha value is -0.0600. The predicted octanol–water partition coefficient (Wildman–Crippen LogP) is 2.86. The summed E-state index contributed by atoms with van der Waals surface area (Å²) >= 11 is 3.71. The minimum atomic E-state index is 0.575. The van der Waals surface area contributed by atoms with E-state index in [-0.39, 0.29) is 0 Å². The van der Waals surface area contributed by atoms with Crippen LogP contribution in [0.5, 0.6) is 0 Å². The Morgan fingerprint density at radius 2 is 2.47 bits per heavy atom. The van der Waals surface area contributed by atoms with Crippen LogP contribution in [0.1, 0.15) is 36.4 Å².